The van der Waals surface area contributed by atoms with E-state index in [1.54, 1.807) is 18.4 Å². The van der Waals surface area contributed by atoms with Crippen LogP contribution in [0.3, 0.4) is 0 Å². The van der Waals surface area contributed by atoms with Gasteiger partial charge < -0.3 is 4.52 Å². The molecule has 2 aliphatic rings. The van der Waals surface area contributed by atoms with E-state index in [2.05, 4.69) is 5.16 Å². The van der Waals surface area contributed by atoms with E-state index in [9.17, 15) is 13.2 Å². The van der Waals surface area contributed by atoms with E-state index in [0.717, 1.165) is 22.2 Å². The number of aromatic nitrogens is 2. The Labute approximate surface area is 156 Å². The van der Waals surface area contributed by atoms with Crippen LogP contribution in [0.4, 0.5) is 0 Å². The molecule has 0 saturated heterocycles. The molecule has 1 atom stereocenters. The topological polar surface area (TPSA) is 85.4 Å². The summed E-state index contributed by atoms with van der Waals surface area (Å²) in [6, 6.07) is 7.46. The van der Waals surface area contributed by atoms with E-state index in [1.165, 1.54) is 4.31 Å². The van der Waals surface area contributed by atoms with Crippen LogP contribution in [0.15, 0.2) is 33.7 Å². The highest BCUT2D eigenvalue weighted by atomic mass is 32.2. The summed E-state index contributed by atoms with van der Waals surface area (Å²) in [4.78, 5) is 12.8. The van der Waals surface area contributed by atoms with Crippen molar-refractivity contribution in [3.05, 3.63) is 47.0 Å². The summed E-state index contributed by atoms with van der Waals surface area (Å²) in [6.45, 7) is 3.63. The van der Waals surface area contributed by atoms with Gasteiger partial charge in [-0.1, -0.05) is 23.4 Å². The van der Waals surface area contributed by atoms with Crippen molar-refractivity contribution in [1.29, 1.82) is 0 Å². The van der Waals surface area contributed by atoms with Crippen molar-refractivity contribution in [3.63, 3.8) is 0 Å². The molecule has 3 aromatic rings. The van der Waals surface area contributed by atoms with Crippen molar-refractivity contribution in [2.45, 2.75) is 44.0 Å². The van der Waals surface area contributed by atoms with E-state index in [4.69, 9.17) is 4.52 Å². The lowest BCUT2D eigenvalue weighted by Crippen LogP contribution is -2.43. The lowest BCUT2D eigenvalue weighted by molar-refractivity contribution is 0.0854. The number of benzene rings is 1. The number of rotatable bonds is 2. The molecule has 1 aromatic carbocycles. The highest BCUT2D eigenvalue weighted by molar-refractivity contribution is 7.89. The average Bonchev–Trinajstić information content (AvgIpc) is 3.17. The molecule has 4 heterocycles. The molecular formula is C19H19N3O4S. The summed E-state index contributed by atoms with van der Waals surface area (Å²) in [5.41, 5.74) is 3.16. The van der Waals surface area contributed by atoms with Crippen molar-refractivity contribution in [1.82, 2.24) is 14.0 Å². The predicted octanol–water partition coefficient (Wildman–Crippen LogP) is 2.97. The first-order valence-corrected chi connectivity index (χ1v) is 10.5. The van der Waals surface area contributed by atoms with Gasteiger partial charge in [0.15, 0.2) is 5.76 Å². The number of hydrogen-bond acceptors (Lipinski definition) is 5. The maximum Gasteiger partial charge on any atom is 0.249 e. The van der Waals surface area contributed by atoms with Crippen LogP contribution >= 0.6 is 0 Å². The van der Waals surface area contributed by atoms with Crippen LogP contribution in [0.5, 0.6) is 0 Å². The Balaban J connectivity index is 1.73. The molecule has 1 unspecified atom stereocenters. The van der Waals surface area contributed by atoms with Gasteiger partial charge in [0.1, 0.15) is 10.6 Å². The summed E-state index contributed by atoms with van der Waals surface area (Å²) in [5, 5.41) is 4.85. The first-order valence-electron chi connectivity index (χ1n) is 9.01. The van der Waals surface area contributed by atoms with Crippen LogP contribution in [-0.4, -0.2) is 34.9 Å². The molecule has 5 rings (SSSR count). The molecule has 2 aliphatic heterocycles. The van der Waals surface area contributed by atoms with Gasteiger partial charge in [-0.2, -0.15) is 4.31 Å². The number of carbonyl (C=O) groups excluding carboxylic acids is 1. The van der Waals surface area contributed by atoms with Crippen LogP contribution in [0.25, 0.3) is 10.9 Å². The third-order valence-electron chi connectivity index (χ3n) is 5.68. The van der Waals surface area contributed by atoms with E-state index in [0.29, 0.717) is 37.3 Å². The lowest BCUT2D eigenvalue weighted by atomic mass is 9.94. The third kappa shape index (κ3) is 2.14. The molecule has 0 N–H and O–H groups in total. The number of aryl methyl sites for hydroxylation is 2. The second-order valence-electron chi connectivity index (χ2n) is 7.18. The Morgan fingerprint density at radius 3 is 2.70 bits per heavy atom. The molecule has 0 bridgehead atoms. The largest absolute Gasteiger partial charge is 0.360 e. The fourth-order valence-corrected chi connectivity index (χ4v) is 6.54. The van der Waals surface area contributed by atoms with Crippen LogP contribution in [0, 0.1) is 13.8 Å². The first kappa shape index (κ1) is 16.7. The molecule has 0 aliphatic carbocycles. The number of sulfonamides is 1. The molecule has 27 heavy (non-hydrogen) atoms. The van der Waals surface area contributed by atoms with E-state index >= 15 is 0 Å². The Kier molecular flexibility index (Phi) is 3.42. The molecule has 7 nitrogen and oxygen atoms in total. The highest BCUT2D eigenvalue weighted by Gasteiger charge is 2.44. The number of carbonyl (C=O) groups is 1. The SMILES string of the molecule is Cc1noc(C)c1S(=O)(=O)N1CCc2c3n(c4ccccc24)C(=O)CCC31. The molecule has 0 spiro atoms. The van der Waals surface area contributed by atoms with Crippen LogP contribution in [0.2, 0.25) is 0 Å². The number of para-hydroxylation sites is 1. The van der Waals surface area contributed by atoms with Crippen molar-refractivity contribution in [2.24, 2.45) is 0 Å². The zero-order chi connectivity index (χ0) is 18.9. The quantitative estimate of drug-likeness (QED) is 0.677. The fraction of sp³-hybridized carbons (Fsp3) is 0.368. The van der Waals surface area contributed by atoms with Gasteiger partial charge in [-0.3, -0.25) is 9.36 Å². The van der Waals surface area contributed by atoms with Crippen LogP contribution in [0.1, 0.15) is 46.4 Å². The molecule has 0 amide bonds. The molecule has 0 radical (unpaired) electrons. The first-order chi connectivity index (χ1) is 12.9. The normalized spacial score (nSPS) is 20.2. The second-order valence-corrected chi connectivity index (χ2v) is 9.01. The molecule has 2 aromatic heterocycles. The van der Waals surface area contributed by atoms with E-state index in [-0.39, 0.29) is 16.8 Å². The van der Waals surface area contributed by atoms with Gasteiger partial charge in [-0.05, 0) is 38.3 Å². The Morgan fingerprint density at radius 2 is 1.96 bits per heavy atom. The molecule has 140 valence electrons. The van der Waals surface area contributed by atoms with Gasteiger partial charge in [-0.15, -0.1) is 0 Å². The van der Waals surface area contributed by atoms with Crippen molar-refractivity contribution in [3.8, 4) is 0 Å². The smallest absolute Gasteiger partial charge is 0.249 e. The van der Waals surface area contributed by atoms with Gasteiger partial charge in [0, 0.05) is 24.0 Å². The Bertz CT molecular complexity index is 1190. The van der Waals surface area contributed by atoms with E-state index < -0.39 is 10.0 Å². The van der Waals surface area contributed by atoms with Crippen molar-refractivity contribution < 1.29 is 17.7 Å². The van der Waals surface area contributed by atoms with Crippen molar-refractivity contribution in [2.75, 3.05) is 6.54 Å². The minimum absolute atomic E-state index is 0.0280. The predicted molar refractivity (Wildman–Crippen MR) is 98.1 cm³/mol. The standard InChI is InChI=1S/C19H19N3O4S/c1-11-19(12(2)26-20-11)27(24,25)21-10-9-14-13-5-3-4-6-15(13)22-17(23)8-7-16(21)18(14)22/h3-6,16H,7-10H2,1-2H3. The third-order valence-corrected chi connectivity index (χ3v) is 7.83. The van der Waals surface area contributed by atoms with Crippen LogP contribution in [-0.2, 0) is 16.4 Å². The Morgan fingerprint density at radius 1 is 1.19 bits per heavy atom. The van der Waals surface area contributed by atoms with E-state index in [1.807, 2.05) is 24.3 Å². The molecule has 0 saturated carbocycles. The Hall–Kier alpha value is -2.45. The second kappa shape index (κ2) is 5.53. The maximum atomic E-state index is 13.4. The van der Waals surface area contributed by atoms with Crippen LogP contribution < -0.4 is 0 Å². The molecule has 8 heteroatoms. The van der Waals surface area contributed by atoms with Gasteiger partial charge in [0.2, 0.25) is 15.9 Å². The summed E-state index contributed by atoms with van der Waals surface area (Å²) in [5.74, 6) is 0.325. The minimum Gasteiger partial charge on any atom is -0.360 e. The average molecular weight is 385 g/mol. The summed E-state index contributed by atoms with van der Waals surface area (Å²) in [7, 11) is -3.77. The molecular weight excluding hydrogens is 366 g/mol. The van der Waals surface area contributed by atoms with Gasteiger partial charge >= 0.3 is 0 Å². The zero-order valence-electron chi connectivity index (χ0n) is 15.1. The lowest BCUT2D eigenvalue weighted by Gasteiger charge is -2.37. The minimum atomic E-state index is -3.77. The summed E-state index contributed by atoms with van der Waals surface area (Å²) < 4.78 is 35.2. The highest BCUT2D eigenvalue weighted by Crippen LogP contribution is 2.44. The maximum absolute atomic E-state index is 13.4. The number of nitrogens with zero attached hydrogens (tertiary/aromatic N) is 3. The summed E-state index contributed by atoms with van der Waals surface area (Å²) in [6.07, 6.45) is 1.39. The molecule has 0 fully saturated rings. The van der Waals surface area contributed by atoms with Gasteiger partial charge in [0.05, 0.1) is 11.6 Å². The van der Waals surface area contributed by atoms with Crippen molar-refractivity contribution >= 4 is 26.8 Å². The van der Waals surface area contributed by atoms with Gasteiger partial charge in [0.25, 0.3) is 0 Å². The number of fused-ring (bicyclic) bond motifs is 3. The summed E-state index contributed by atoms with van der Waals surface area (Å²) >= 11 is 0. The zero-order valence-corrected chi connectivity index (χ0v) is 15.9. The van der Waals surface area contributed by atoms with Gasteiger partial charge in [-0.25, -0.2) is 8.42 Å². The fourth-order valence-electron chi connectivity index (χ4n) is 4.62. The number of hydrogen-bond donors (Lipinski definition) is 0. The monoisotopic (exact) mass is 385 g/mol.